The van der Waals surface area contributed by atoms with Crippen LogP contribution >= 0.6 is 11.8 Å². The van der Waals surface area contributed by atoms with Crippen molar-refractivity contribution < 1.29 is 0 Å². The van der Waals surface area contributed by atoms with Crippen molar-refractivity contribution in [1.29, 1.82) is 0 Å². The standard InChI is InChI=1S/C14H22N6OS/c1-4-11-9(2)19-20(13(11)21)14(15)16-5-6-22-7-12-10(3)17-8-18-12/h8,19H,4-7H2,1-3H3,(H2,15,16)(H,17,18). The van der Waals surface area contributed by atoms with Gasteiger partial charge in [-0.05, 0) is 20.3 Å². The monoisotopic (exact) mass is 322 g/mol. The zero-order valence-electron chi connectivity index (χ0n) is 13.1. The number of H-pyrrole nitrogens is 2. The maximum Gasteiger partial charge on any atom is 0.277 e. The molecule has 22 heavy (non-hydrogen) atoms. The van der Waals surface area contributed by atoms with Gasteiger partial charge < -0.3 is 10.7 Å². The van der Waals surface area contributed by atoms with Crippen LogP contribution in [0.25, 0.3) is 0 Å². The van der Waals surface area contributed by atoms with Crippen LogP contribution in [0.4, 0.5) is 0 Å². The zero-order valence-corrected chi connectivity index (χ0v) is 14.0. The van der Waals surface area contributed by atoms with Gasteiger partial charge in [0.05, 0.1) is 18.6 Å². The molecule has 0 aliphatic rings. The number of nitrogens with two attached hydrogens (primary N) is 1. The fourth-order valence-electron chi connectivity index (χ4n) is 2.16. The van der Waals surface area contributed by atoms with Crippen LogP contribution in [0.15, 0.2) is 16.1 Å². The molecule has 120 valence electrons. The van der Waals surface area contributed by atoms with Crippen LogP contribution in [0.1, 0.15) is 29.6 Å². The summed E-state index contributed by atoms with van der Waals surface area (Å²) in [6.45, 7) is 6.38. The molecule has 0 saturated heterocycles. The highest BCUT2D eigenvalue weighted by Gasteiger charge is 2.11. The SMILES string of the molecule is CCc1c(C)[nH]n(C(N)=NCCSCc2nc[nH]c2C)c1=O. The fourth-order valence-corrected chi connectivity index (χ4v) is 3.01. The van der Waals surface area contributed by atoms with Crippen LogP contribution in [-0.4, -0.2) is 38.0 Å². The van der Waals surface area contributed by atoms with Gasteiger partial charge in [0.1, 0.15) is 0 Å². The first kappa shape index (κ1) is 16.4. The Bertz CT molecular complexity index is 711. The van der Waals surface area contributed by atoms with Crippen LogP contribution in [0, 0.1) is 13.8 Å². The summed E-state index contributed by atoms with van der Waals surface area (Å²) in [6, 6.07) is 0. The highest BCUT2D eigenvalue weighted by atomic mass is 32.2. The molecular weight excluding hydrogens is 300 g/mol. The van der Waals surface area contributed by atoms with Crippen molar-refractivity contribution in [2.75, 3.05) is 12.3 Å². The van der Waals surface area contributed by atoms with E-state index in [2.05, 4.69) is 20.1 Å². The second-order valence-corrected chi connectivity index (χ2v) is 6.08. The summed E-state index contributed by atoms with van der Waals surface area (Å²) < 4.78 is 1.32. The van der Waals surface area contributed by atoms with Crippen LogP contribution in [0.5, 0.6) is 0 Å². The van der Waals surface area contributed by atoms with Gasteiger partial charge in [0, 0.05) is 28.5 Å². The number of nitrogens with one attached hydrogen (secondary N) is 2. The maximum atomic E-state index is 12.1. The number of nitrogens with zero attached hydrogens (tertiary/aromatic N) is 3. The van der Waals surface area contributed by atoms with Crippen molar-refractivity contribution >= 4 is 17.7 Å². The first-order valence-electron chi connectivity index (χ1n) is 7.22. The van der Waals surface area contributed by atoms with Crippen molar-refractivity contribution in [3.63, 3.8) is 0 Å². The second-order valence-electron chi connectivity index (χ2n) is 4.98. The van der Waals surface area contributed by atoms with Crippen molar-refractivity contribution in [1.82, 2.24) is 19.7 Å². The lowest BCUT2D eigenvalue weighted by molar-refractivity contribution is 0.861. The van der Waals surface area contributed by atoms with Gasteiger partial charge in [-0.25, -0.2) is 4.98 Å². The molecule has 2 rings (SSSR count). The lowest BCUT2D eigenvalue weighted by atomic mass is 10.2. The number of thioether (sulfide) groups is 1. The number of imidazole rings is 1. The van der Waals surface area contributed by atoms with Crippen molar-refractivity contribution in [2.24, 2.45) is 10.7 Å². The van der Waals surface area contributed by atoms with E-state index in [0.29, 0.717) is 13.0 Å². The Labute approximate surface area is 133 Å². The predicted octanol–water partition coefficient (Wildman–Crippen LogP) is 1.17. The smallest absolute Gasteiger partial charge is 0.277 e. The fraction of sp³-hybridized carbons (Fsp3) is 0.500. The maximum absolute atomic E-state index is 12.1. The van der Waals surface area contributed by atoms with Gasteiger partial charge in [-0.3, -0.25) is 14.9 Å². The summed E-state index contributed by atoms with van der Waals surface area (Å²) >= 11 is 1.74. The second kappa shape index (κ2) is 7.35. The Morgan fingerprint density at radius 1 is 1.45 bits per heavy atom. The molecule has 0 atom stereocenters. The van der Waals surface area contributed by atoms with Crippen LogP contribution in [0.3, 0.4) is 0 Å². The molecule has 4 N–H and O–H groups in total. The third kappa shape index (κ3) is 3.62. The molecule has 2 heterocycles. The topological polar surface area (TPSA) is 105 Å². The molecule has 0 aromatic carbocycles. The molecule has 0 amide bonds. The van der Waals surface area contributed by atoms with E-state index < -0.39 is 0 Å². The lowest BCUT2D eigenvalue weighted by Crippen LogP contribution is -2.33. The molecule has 0 radical (unpaired) electrons. The number of aliphatic imine (C=N–C) groups is 1. The lowest BCUT2D eigenvalue weighted by Gasteiger charge is -2.01. The number of aromatic amines is 2. The Morgan fingerprint density at radius 3 is 2.82 bits per heavy atom. The Balaban J connectivity index is 1.88. The summed E-state index contributed by atoms with van der Waals surface area (Å²) in [7, 11) is 0. The quantitative estimate of drug-likeness (QED) is 0.422. The number of aryl methyl sites for hydroxylation is 2. The van der Waals surface area contributed by atoms with Gasteiger partial charge in [-0.1, -0.05) is 6.92 Å². The van der Waals surface area contributed by atoms with E-state index in [1.807, 2.05) is 20.8 Å². The Kier molecular flexibility index (Phi) is 5.48. The van der Waals surface area contributed by atoms with Gasteiger partial charge >= 0.3 is 0 Å². The molecule has 2 aromatic heterocycles. The van der Waals surface area contributed by atoms with Gasteiger partial charge in [0.2, 0.25) is 5.96 Å². The number of hydrogen-bond acceptors (Lipinski definition) is 4. The third-order valence-corrected chi connectivity index (χ3v) is 4.41. The number of hydrogen-bond donors (Lipinski definition) is 3. The molecule has 0 bridgehead atoms. The van der Waals surface area contributed by atoms with E-state index in [4.69, 9.17) is 5.73 Å². The molecule has 2 aromatic rings. The van der Waals surface area contributed by atoms with Crippen molar-refractivity contribution in [3.05, 3.63) is 39.3 Å². The van der Waals surface area contributed by atoms with Gasteiger partial charge in [-0.2, -0.15) is 16.4 Å². The molecule has 8 heteroatoms. The summed E-state index contributed by atoms with van der Waals surface area (Å²) in [5.74, 6) is 1.87. The highest BCUT2D eigenvalue weighted by Crippen LogP contribution is 2.12. The number of rotatable bonds is 6. The molecule has 0 aliphatic heterocycles. The van der Waals surface area contributed by atoms with Crippen LogP contribution < -0.4 is 11.3 Å². The van der Waals surface area contributed by atoms with E-state index in [1.54, 1.807) is 18.1 Å². The van der Waals surface area contributed by atoms with E-state index >= 15 is 0 Å². The van der Waals surface area contributed by atoms with Gasteiger partial charge in [-0.15, -0.1) is 0 Å². The highest BCUT2D eigenvalue weighted by molar-refractivity contribution is 7.98. The summed E-state index contributed by atoms with van der Waals surface area (Å²) in [5, 5.41) is 2.96. The van der Waals surface area contributed by atoms with Crippen LogP contribution in [0.2, 0.25) is 0 Å². The van der Waals surface area contributed by atoms with Gasteiger partial charge in [0.25, 0.3) is 5.56 Å². The minimum Gasteiger partial charge on any atom is -0.368 e. The molecule has 0 spiro atoms. The zero-order chi connectivity index (χ0) is 16.1. The Morgan fingerprint density at radius 2 is 2.23 bits per heavy atom. The molecule has 0 saturated carbocycles. The molecule has 0 unspecified atom stereocenters. The molecular formula is C14H22N6OS. The van der Waals surface area contributed by atoms with Crippen molar-refractivity contribution in [2.45, 2.75) is 32.9 Å². The summed E-state index contributed by atoms with van der Waals surface area (Å²) in [5.41, 5.74) is 9.53. The first-order valence-corrected chi connectivity index (χ1v) is 8.37. The number of aromatic nitrogens is 4. The predicted molar refractivity (Wildman–Crippen MR) is 90.5 cm³/mol. The van der Waals surface area contributed by atoms with E-state index in [1.165, 1.54) is 4.68 Å². The third-order valence-electron chi connectivity index (χ3n) is 3.46. The van der Waals surface area contributed by atoms with E-state index in [0.717, 1.165) is 34.2 Å². The average molecular weight is 322 g/mol. The summed E-state index contributed by atoms with van der Waals surface area (Å²) in [6.07, 6.45) is 2.38. The van der Waals surface area contributed by atoms with E-state index in [9.17, 15) is 4.79 Å². The molecule has 0 fully saturated rings. The molecule has 7 nitrogen and oxygen atoms in total. The average Bonchev–Trinajstić information content (AvgIpc) is 3.02. The van der Waals surface area contributed by atoms with E-state index in [-0.39, 0.29) is 11.5 Å². The first-order chi connectivity index (χ1) is 10.5. The van der Waals surface area contributed by atoms with Gasteiger partial charge in [0.15, 0.2) is 0 Å². The van der Waals surface area contributed by atoms with Crippen molar-refractivity contribution in [3.8, 4) is 0 Å². The van der Waals surface area contributed by atoms with Crippen LogP contribution in [-0.2, 0) is 12.2 Å². The Hall–Kier alpha value is -1.96. The minimum atomic E-state index is -0.110. The summed E-state index contributed by atoms with van der Waals surface area (Å²) in [4.78, 5) is 23.7. The largest absolute Gasteiger partial charge is 0.368 e. The minimum absolute atomic E-state index is 0.110. The molecule has 0 aliphatic carbocycles. The normalized spacial score (nSPS) is 12.0.